The first kappa shape index (κ1) is 69.3. The molecule has 9 nitrogen and oxygen atoms in total. The Balaban J connectivity index is 0.000000140. The number of rotatable bonds is 12. The molecule has 0 atom stereocenters. The monoisotopic (exact) mass is 1530 g/mol. The highest BCUT2D eigenvalue weighted by Crippen LogP contribution is 2.47. The molecule has 24 rings (SSSR count). The molecular weight excluding hydrogens is 1460 g/mol. The number of hydrogen-bond donors (Lipinski definition) is 0. The first-order valence-electron chi connectivity index (χ1n) is 40.7. The minimum absolute atomic E-state index is 0.621. The Morgan fingerprint density at radius 2 is 0.442 bits per heavy atom. The van der Waals surface area contributed by atoms with Crippen LogP contribution in [-0.2, 0) is 0 Å². The van der Waals surface area contributed by atoms with Gasteiger partial charge in [0.25, 0.3) is 0 Å². The Bertz CT molecular complexity index is 7650. The summed E-state index contributed by atoms with van der Waals surface area (Å²) in [7, 11) is 0. The van der Waals surface area contributed by atoms with Crippen molar-refractivity contribution in [2.45, 2.75) is 0 Å². The van der Waals surface area contributed by atoms with Gasteiger partial charge in [-0.15, -0.1) is 0 Å². The van der Waals surface area contributed by atoms with Gasteiger partial charge >= 0.3 is 0 Å². The van der Waals surface area contributed by atoms with Gasteiger partial charge in [-0.2, -0.15) is 0 Å². The lowest BCUT2D eigenvalue weighted by Crippen LogP contribution is -2.02. The van der Waals surface area contributed by atoms with E-state index in [2.05, 4.69) is 407 Å². The number of para-hydroxylation sites is 6. The van der Waals surface area contributed by atoms with Gasteiger partial charge in [-0.05, 0) is 159 Å². The van der Waals surface area contributed by atoms with Crippen LogP contribution in [0.25, 0.3) is 222 Å². The van der Waals surface area contributed by atoms with Crippen molar-refractivity contribution in [2.75, 3.05) is 0 Å². The van der Waals surface area contributed by atoms with Crippen molar-refractivity contribution in [3.63, 3.8) is 0 Å². The molecule has 0 bridgehead atoms. The largest absolute Gasteiger partial charge is 0.309 e. The normalized spacial score (nSPS) is 11.7. The molecule has 0 N–H and O–H groups in total. The van der Waals surface area contributed by atoms with Crippen LogP contribution in [0.1, 0.15) is 0 Å². The molecule has 0 amide bonds. The van der Waals surface area contributed by atoms with Crippen molar-refractivity contribution in [3.05, 3.63) is 431 Å². The van der Waals surface area contributed by atoms with Crippen LogP contribution < -0.4 is 0 Å². The molecule has 24 aromatic rings. The zero-order chi connectivity index (χ0) is 79.1. The molecule has 0 unspecified atom stereocenters. The number of aromatic nitrogens is 9. The van der Waals surface area contributed by atoms with Crippen LogP contribution in [0.3, 0.4) is 0 Å². The molecule has 0 aliphatic heterocycles. The van der Waals surface area contributed by atoms with E-state index < -0.39 is 0 Å². The van der Waals surface area contributed by atoms with Crippen molar-refractivity contribution in [3.8, 4) is 113 Å². The summed E-state index contributed by atoms with van der Waals surface area (Å²) >= 11 is 0. The van der Waals surface area contributed by atoms with Gasteiger partial charge in [-0.25, -0.2) is 24.9 Å². The molecule has 6 aromatic heterocycles. The molecule has 0 radical (unpaired) electrons. The van der Waals surface area contributed by atoms with E-state index in [1.165, 1.54) is 70.7 Å². The molecule has 18 aromatic carbocycles. The molecule has 0 aliphatic carbocycles. The van der Waals surface area contributed by atoms with Crippen molar-refractivity contribution < 1.29 is 0 Å². The molecular formula is C111H71N9. The van der Waals surface area contributed by atoms with Gasteiger partial charge in [0.1, 0.15) is 0 Å². The topological polar surface area (TPSA) is 84.2 Å². The molecule has 0 saturated heterocycles. The quantitative estimate of drug-likeness (QED) is 0.122. The van der Waals surface area contributed by atoms with E-state index >= 15 is 0 Å². The second-order valence-electron chi connectivity index (χ2n) is 30.6. The van der Waals surface area contributed by atoms with Gasteiger partial charge < -0.3 is 18.3 Å². The summed E-state index contributed by atoms with van der Waals surface area (Å²) in [5.41, 5.74) is 25.9. The van der Waals surface area contributed by atoms with E-state index in [-0.39, 0.29) is 0 Å². The summed E-state index contributed by atoms with van der Waals surface area (Å²) < 4.78 is 9.65. The molecule has 0 fully saturated rings. The van der Waals surface area contributed by atoms with Crippen LogP contribution in [0, 0.1) is 0 Å². The number of nitrogens with zero attached hydrogens (tertiary/aromatic N) is 9. The maximum atomic E-state index is 5.36. The van der Waals surface area contributed by atoms with Crippen LogP contribution in [0.5, 0.6) is 0 Å². The van der Waals surface area contributed by atoms with Crippen LogP contribution in [0.15, 0.2) is 431 Å². The van der Waals surface area contributed by atoms with E-state index in [0.717, 1.165) is 128 Å². The first-order chi connectivity index (χ1) is 59.5. The third-order valence-corrected chi connectivity index (χ3v) is 23.6. The molecule has 120 heavy (non-hydrogen) atoms. The Kier molecular flexibility index (Phi) is 16.7. The summed E-state index contributed by atoms with van der Waals surface area (Å²) in [6, 6.07) is 153. The molecule has 560 valence electrons. The highest BCUT2D eigenvalue weighted by Gasteiger charge is 2.26. The molecule has 0 aliphatic rings. The number of benzene rings is 18. The Labute approximate surface area is 691 Å². The highest BCUT2D eigenvalue weighted by atomic mass is 15.0. The summed E-state index contributed by atoms with van der Waals surface area (Å²) in [5, 5.41) is 14.3. The van der Waals surface area contributed by atoms with Gasteiger partial charge in [-0.1, -0.05) is 315 Å². The average molecular weight is 1530 g/mol. The second kappa shape index (κ2) is 28.9. The summed E-state index contributed by atoms with van der Waals surface area (Å²) in [5.74, 6) is 2.57. The van der Waals surface area contributed by atoms with Gasteiger partial charge in [-0.3, -0.25) is 0 Å². The van der Waals surface area contributed by atoms with Crippen LogP contribution in [0.4, 0.5) is 0 Å². The summed E-state index contributed by atoms with van der Waals surface area (Å²) in [4.78, 5) is 26.3. The third kappa shape index (κ3) is 11.8. The smallest absolute Gasteiger partial charge is 0.164 e. The summed E-state index contributed by atoms with van der Waals surface area (Å²) in [6.45, 7) is 0. The van der Waals surface area contributed by atoms with E-state index in [1.807, 2.05) is 42.5 Å². The standard InChI is InChI=1S/C56H36N4.C55H35N5/c1-4-17-37(18-5-1)39-22-16-23-41(33-39)48-36-49(58-56(57-48)38-19-6-2-7-20-38)47-35-43(34-40-21-10-11-26-44(40)47)60-51-30-15-13-28-46(51)55-53(60)32-31-52-54(55)45-27-12-14-29-50(45)59(52)42-24-8-3-9-25-42;1-4-17-36(18-5-1)38-22-16-23-40(33-38)54-56-53(37-19-6-2-7-20-37)57-55(58-54)46-35-42(34-39-21-10-11-26-43(39)46)60-48-30-15-13-28-45(48)52-50(60)32-31-49-51(52)44-27-12-14-29-47(44)59(49)41-24-8-3-9-25-41/h1-36H;1-35H. The van der Waals surface area contributed by atoms with E-state index in [0.29, 0.717) is 23.3 Å². The van der Waals surface area contributed by atoms with Crippen LogP contribution >= 0.6 is 0 Å². The Morgan fingerprint density at radius 3 is 0.875 bits per heavy atom. The average Bonchev–Trinajstić information content (AvgIpc) is 1.55. The zero-order valence-corrected chi connectivity index (χ0v) is 65.0. The van der Waals surface area contributed by atoms with Gasteiger partial charge in [0.2, 0.25) is 0 Å². The highest BCUT2D eigenvalue weighted by molar-refractivity contribution is 6.30. The minimum atomic E-state index is 0.621. The Morgan fingerprint density at radius 1 is 0.150 bits per heavy atom. The molecule has 0 spiro atoms. The molecule has 9 heteroatoms. The van der Waals surface area contributed by atoms with Crippen LogP contribution in [0.2, 0.25) is 0 Å². The van der Waals surface area contributed by atoms with Crippen LogP contribution in [-0.4, -0.2) is 43.2 Å². The Hall–Kier alpha value is -16.2. The number of fused-ring (bicyclic) bond motifs is 16. The fraction of sp³-hybridized carbons (Fsp3) is 0. The maximum absolute atomic E-state index is 5.36. The lowest BCUT2D eigenvalue weighted by molar-refractivity contribution is 1.07. The number of hydrogen-bond acceptors (Lipinski definition) is 5. The lowest BCUT2D eigenvalue weighted by atomic mass is 9.98. The second-order valence-corrected chi connectivity index (χ2v) is 30.6. The first-order valence-corrected chi connectivity index (χ1v) is 40.7. The fourth-order valence-electron chi connectivity index (χ4n) is 18.3. The molecule has 6 heterocycles. The third-order valence-electron chi connectivity index (χ3n) is 23.6. The zero-order valence-electron chi connectivity index (χ0n) is 65.0. The lowest BCUT2D eigenvalue weighted by Gasteiger charge is -2.15. The van der Waals surface area contributed by atoms with E-state index in [4.69, 9.17) is 24.9 Å². The van der Waals surface area contributed by atoms with Gasteiger partial charge in [0.05, 0.1) is 55.5 Å². The SMILES string of the molecule is c1ccc(-c2cccc(-c3cc(-c4cc(-n5c6ccccc6c6c7c8ccccc8n(-c8ccccc8)c7ccc65)cc5ccccc45)nc(-c4ccccc4)n3)c2)cc1.c1ccc(-c2cccc(-c3nc(-c4ccccc4)nc(-c4cc(-n5c6ccccc6c6c7c8ccccc8n(-c8ccccc8)c7ccc65)cc5ccccc45)n3)c2)cc1. The van der Waals surface area contributed by atoms with Gasteiger partial charge in [0.15, 0.2) is 23.3 Å². The minimum Gasteiger partial charge on any atom is -0.309 e. The van der Waals surface area contributed by atoms with Crippen molar-refractivity contribution in [1.82, 2.24) is 43.2 Å². The van der Waals surface area contributed by atoms with E-state index in [1.54, 1.807) is 0 Å². The predicted molar refractivity (Wildman–Crippen MR) is 498 cm³/mol. The maximum Gasteiger partial charge on any atom is 0.164 e. The van der Waals surface area contributed by atoms with Crippen molar-refractivity contribution in [1.29, 1.82) is 0 Å². The van der Waals surface area contributed by atoms with Crippen molar-refractivity contribution >= 4 is 109 Å². The van der Waals surface area contributed by atoms with Gasteiger partial charge in [0, 0.05) is 99.2 Å². The molecule has 0 saturated carbocycles. The fourth-order valence-corrected chi connectivity index (χ4v) is 18.3. The predicted octanol–water partition coefficient (Wildman–Crippen LogP) is 28.4. The van der Waals surface area contributed by atoms with Crippen molar-refractivity contribution in [2.24, 2.45) is 0 Å². The summed E-state index contributed by atoms with van der Waals surface area (Å²) in [6.07, 6.45) is 0. The van der Waals surface area contributed by atoms with E-state index in [9.17, 15) is 0 Å².